The van der Waals surface area contributed by atoms with E-state index in [4.69, 9.17) is 11.1 Å². The lowest BCUT2D eigenvalue weighted by molar-refractivity contribution is 0.473. The van der Waals surface area contributed by atoms with Gasteiger partial charge < -0.3 is 11.1 Å². The van der Waals surface area contributed by atoms with Crippen LogP contribution in [0.1, 0.15) is 20.8 Å². The third-order valence-electron chi connectivity index (χ3n) is 1.38. The number of hydrogen-bond donors (Lipinski definition) is 3. The van der Waals surface area contributed by atoms with Crippen LogP contribution < -0.4 is 11.1 Å². The molecule has 0 bridgehead atoms. The molecule has 0 rings (SSSR count). The predicted molar refractivity (Wildman–Crippen MR) is 48.5 cm³/mol. The number of rotatable bonds is 2. The Labute approximate surface area is 68.2 Å². The first-order valence-corrected chi connectivity index (χ1v) is 3.62. The minimum absolute atomic E-state index is 0.0282. The molecule has 0 heterocycles. The molecule has 0 saturated carbocycles. The van der Waals surface area contributed by atoms with E-state index >= 15 is 0 Å². The highest BCUT2D eigenvalue weighted by Crippen LogP contribution is 2.21. The van der Waals surface area contributed by atoms with Crippen molar-refractivity contribution < 1.29 is 0 Å². The van der Waals surface area contributed by atoms with Crippen LogP contribution in [0.3, 0.4) is 0 Å². The van der Waals surface area contributed by atoms with Gasteiger partial charge in [-0.15, -0.1) is 0 Å². The summed E-state index contributed by atoms with van der Waals surface area (Å²) in [5, 5.41) is 10.1. The van der Waals surface area contributed by atoms with Crippen LogP contribution in [-0.2, 0) is 0 Å². The van der Waals surface area contributed by atoms with Crippen molar-refractivity contribution in [3.63, 3.8) is 0 Å². The molecule has 0 aliphatic heterocycles. The van der Waals surface area contributed by atoms with Gasteiger partial charge in [0.2, 0.25) is 0 Å². The molecule has 0 aliphatic carbocycles. The van der Waals surface area contributed by atoms with Crippen molar-refractivity contribution in [1.82, 2.24) is 5.32 Å². The van der Waals surface area contributed by atoms with E-state index in [2.05, 4.69) is 26.1 Å². The van der Waals surface area contributed by atoms with Gasteiger partial charge in [0, 0.05) is 18.2 Å². The molecule has 11 heavy (non-hydrogen) atoms. The Morgan fingerprint density at radius 1 is 1.45 bits per heavy atom. The highest BCUT2D eigenvalue weighted by atomic mass is 14.9. The van der Waals surface area contributed by atoms with Crippen LogP contribution in [0.2, 0.25) is 0 Å². The maximum absolute atomic E-state index is 7.07. The third kappa shape index (κ3) is 3.65. The summed E-state index contributed by atoms with van der Waals surface area (Å²) in [5.74, 6) is 0.0873. The van der Waals surface area contributed by atoms with E-state index in [1.165, 1.54) is 0 Å². The van der Waals surface area contributed by atoms with Crippen LogP contribution in [0, 0.1) is 10.8 Å². The van der Waals surface area contributed by atoms with Crippen LogP contribution in [0.15, 0.2) is 11.8 Å². The first-order valence-electron chi connectivity index (χ1n) is 3.62. The maximum atomic E-state index is 7.07. The first-order chi connectivity index (χ1) is 4.88. The minimum atomic E-state index is 0.0282. The van der Waals surface area contributed by atoms with Gasteiger partial charge >= 0.3 is 0 Å². The summed E-state index contributed by atoms with van der Waals surface area (Å²) in [5.41, 5.74) is 6.24. The van der Waals surface area contributed by atoms with Gasteiger partial charge in [-0.25, -0.2) is 0 Å². The van der Waals surface area contributed by atoms with E-state index in [1.807, 2.05) is 7.05 Å². The summed E-state index contributed by atoms with van der Waals surface area (Å²) in [6, 6.07) is 0. The first kappa shape index (κ1) is 10.0. The minimum Gasteiger partial charge on any atom is -0.391 e. The highest BCUT2D eigenvalue weighted by molar-refractivity contribution is 5.89. The van der Waals surface area contributed by atoms with Crippen molar-refractivity contribution in [3.05, 3.63) is 11.8 Å². The molecule has 0 amide bonds. The van der Waals surface area contributed by atoms with Crippen molar-refractivity contribution in [2.75, 3.05) is 7.05 Å². The fourth-order valence-corrected chi connectivity index (χ4v) is 0.819. The van der Waals surface area contributed by atoms with Gasteiger partial charge in [-0.1, -0.05) is 20.8 Å². The standard InChI is InChI=1S/C8H17N3/c1-8(2,3)6(11-4)5-7(9)10/h5,11H,1-4H3,(H3,9,10)/b6-5-. The molecule has 0 fully saturated rings. The summed E-state index contributed by atoms with van der Waals surface area (Å²) in [7, 11) is 1.83. The number of hydrogen-bond acceptors (Lipinski definition) is 2. The van der Waals surface area contributed by atoms with E-state index in [0.717, 1.165) is 5.70 Å². The summed E-state index contributed by atoms with van der Waals surface area (Å²) < 4.78 is 0. The monoisotopic (exact) mass is 155 g/mol. The second kappa shape index (κ2) is 3.42. The lowest BCUT2D eigenvalue weighted by Crippen LogP contribution is -2.23. The van der Waals surface area contributed by atoms with Gasteiger partial charge in [0.25, 0.3) is 0 Å². The Morgan fingerprint density at radius 3 is 2.00 bits per heavy atom. The quantitative estimate of drug-likeness (QED) is 0.412. The van der Waals surface area contributed by atoms with Crippen molar-refractivity contribution in [2.24, 2.45) is 11.1 Å². The van der Waals surface area contributed by atoms with E-state index in [-0.39, 0.29) is 11.3 Å². The molecule has 0 atom stereocenters. The molecule has 0 aromatic rings. The van der Waals surface area contributed by atoms with E-state index in [0.29, 0.717) is 0 Å². The van der Waals surface area contributed by atoms with Gasteiger partial charge in [0.05, 0.1) is 0 Å². The Hall–Kier alpha value is -0.990. The molecule has 0 aromatic heterocycles. The Morgan fingerprint density at radius 2 is 1.91 bits per heavy atom. The van der Waals surface area contributed by atoms with Crippen molar-refractivity contribution in [2.45, 2.75) is 20.8 Å². The number of amidine groups is 1. The highest BCUT2D eigenvalue weighted by Gasteiger charge is 2.15. The number of nitrogens with one attached hydrogen (secondary N) is 2. The topological polar surface area (TPSA) is 61.9 Å². The van der Waals surface area contributed by atoms with Gasteiger partial charge in [0.1, 0.15) is 5.84 Å². The zero-order valence-electron chi connectivity index (χ0n) is 7.65. The average molecular weight is 155 g/mol. The van der Waals surface area contributed by atoms with E-state index in [1.54, 1.807) is 6.08 Å². The van der Waals surface area contributed by atoms with Crippen molar-refractivity contribution >= 4 is 5.84 Å². The summed E-state index contributed by atoms with van der Waals surface area (Å²) in [6.07, 6.45) is 1.64. The van der Waals surface area contributed by atoms with Gasteiger partial charge in [-0.05, 0) is 6.08 Å². The molecule has 64 valence electrons. The van der Waals surface area contributed by atoms with Gasteiger partial charge in [0.15, 0.2) is 0 Å². The van der Waals surface area contributed by atoms with E-state index in [9.17, 15) is 0 Å². The van der Waals surface area contributed by atoms with Crippen LogP contribution in [0.25, 0.3) is 0 Å². The van der Waals surface area contributed by atoms with Crippen LogP contribution in [-0.4, -0.2) is 12.9 Å². The smallest absolute Gasteiger partial charge is 0.117 e. The second-order valence-corrected chi connectivity index (χ2v) is 3.51. The van der Waals surface area contributed by atoms with Crippen LogP contribution >= 0.6 is 0 Å². The summed E-state index contributed by atoms with van der Waals surface area (Å²) >= 11 is 0. The molecule has 4 N–H and O–H groups in total. The second-order valence-electron chi connectivity index (χ2n) is 3.51. The maximum Gasteiger partial charge on any atom is 0.117 e. The largest absolute Gasteiger partial charge is 0.391 e. The zero-order valence-corrected chi connectivity index (χ0v) is 7.65. The fraction of sp³-hybridized carbons (Fsp3) is 0.625. The molecule has 3 heteroatoms. The Kier molecular flexibility index (Phi) is 3.11. The van der Waals surface area contributed by atoms with Crippen molar-refractivity contribution in [1.29, 1.82) is 5.41 Å². The molecule has 0 aromatic carbocycles. The van der Waals surface area contributed by atoms with Gasteiger partial charge in [-0.3, -0.25) is 5.41 Å². The van der Waals surface area contributed by atoms with Gasteiger partial charge in [-0.2, -0.15) is 0 Å². The third-order valence-corrected chi connectivity index (χ3v) is 1.38. The lowest BCUT2D eigenvalue weighted by Gasteiger charge is -2.22. The van der Waals surface area contributed by atoms with Crippen LogP contribution in [0.4, 0.5) is 0 Å². The summed E-state index contributed by atoms with van der Waals surface area (Å²) in [6.45, 7) is 6.20. The van der Waals surface area contributed by atoms with E-state index < -0.39 is 0 Å². The Bertz CT molecular complexity index is 174. The lowest BCUT2D eigenvalue weighted by atomic mass is 9.91. The molecule has 0 radical (unpaired) electrons. The molecule has 0 spiro atoms. The fourth-order valence-electron chi connectivity index (χ4n) is 0.819. The number of nitrogens with two attached hydrogens (primary N) is 1. The van der Waals surface area contributed by atoms with Crippen molar-refractivity contribution in [3.8, 4) is 0 Å². The molecular formula is C8H17N3. The predicted octanol–water partition coefficient (Wildman–Crippen LogP) is 1.07. The summed E-state index contributed by atoms with van der Waals surface area (Å²) in [4.78, 5) is 0. The average Bonchev–Trinajstić information content (AvgIpc) is 1.79. The Balaban J connectivity index is 4.54. The molecule has 0 saturated heterocycles. The number of allylic oxidation sites excluding steroid dienone is 1. The zero-order chi connectivity index (χ0) is 9.07. The molecule has 0 unspecified atom stereocenters. The van der Waals surface area contributed by atoms with Crippen LogP contribution in [0.5, 0.6) is 0 Å². The molecular weight excluding hydrogens is 138 g/mol. The molecule has 0 aliphatic rings. The molecule has 3 nitrogen and oxygen atoms in total. The SMILES string of the molecule is CN/C(=C\C(=N)N)C(C)(C)C. The normalized spacial score (nSPS) is 12.9.